The molecule has 1 aromatic heterocycles. The van der Waals surface area contributed by atoms with Gasteiger partial charge in [0.15, 0.2) is 0 Å². The summed E-state index contributed by atoms with van der Waals surface area (Å²) in [4.78, 5) is 11.8. The summed E-state index contributed by atoms with van der Waals surface area (Å²) in [7, 11) is 1.83. The van der Waals surface area contributed by atoms with E-state index in [1.165, 1.54) is 0 Å². The minimum atomic E-state index is -0.214. The molecule has 0 fully saturated rings. The summed E-state index contributed by atoms with van der Waals surface area (Å²) < 4.78 is 7.42. The highest BCUT2D eigenvalue weighted by molar-refractivity contribution is 9.09. The Hall–Kier alpha value is -1.82. The Balaban J connectivity index is 1.96. The molecule has 5 nitrogen and oxygen atoms in total. The first-order valence-corrected chi connectivity index (χ1v) is 8.30. The third kappa shape index (κ3) is 4.34. The molecule has 1 heterocycles. The topological polar surface area (TPSA) is 56.2 Å². The van der Waals surface area contributed by atoms with Gasteiger partial charge in [-0.15, -0.1) is 0 Å². The fraction of sp³-hybridized carbons (Fsp3) is 0.375. The largest absolute Gasteiger partial charge is 0.477 e. The zero-order chi connectivity index (χ0) is 15.9. The Morgan fingerprint density at radius 2 is 2.14 bits per heavy atom. The number of carbonyl (C=O) groups is 1. The van der Waals surface area contributed by atoms with Gasteiger partial charge in [0.25, 0.3) is 0 Å². The third-order valence-electron chi connectivity index (χ3n) is 3.23. The maximum Gasteiger partial charge on any atom is 0.226 e. The van der Waals surface area contributed by atoms with E-state index in [0.29, 0.717) is 19.0 Å². The maximum atomic E-state index is 11.8. The molecule has 1 unspecified atom stereocenters. The Bertz CT molecular complexity index is 613. The molecule has 2 aromatic rings. The predicted molar refractivity (Wildman–Crippen MR) is 90.1 cm³/mol. The number of hydrogen-bond acceptors (Lipinski definition) is 3. The highest BCUT2D eigenvalue weighted by Crippen LogP contribution is 2.22. The fourth-order valence-corrected chi connectivity index (χ4v) is 2.16. The number of aryl methyl sites for hydroxylation is 1. The molecule has 0 saturated carbocycles. The molecule has 1 atom stereocenters. The number of carbonyl (C=O) groups excluding carboxylic acids is 1. The number of benzene rings is 1. The second-order valence-corrected chi connectivity index (χ2v) is 5.84. The van der Waals surface area contributed by atoms with Crippen LogP contribution in [0.15, 0.2) is 36.4 Å². The zero-order valence-electron chi connectivity index (χ0n) is 12.8. The summed E-state index contributed by atoms with van der Waals surface area (Å²) in [6.45, 7) is 2.78. The molecule has 6 heteroatoms. The van der Waals surface area contributed by atoms with Crippen molar-refractivity contribution in [3.8, 4) is 17.1 Å². The quantitative estimate of drug-likeness (QED) is 0.767. The second kappa shape index (κ2) is 7.98. The molecule has 118 valence electrons. The number of rotatable bonds is 7. The Morgan fingerprint density at radius 1 is 1.41 bits per heavy atom. The van der Waals surface area contributed by atoms with E-state index in [0.717, 1.165) is 16.6 Å². The Kier molecular flexibility index (Phi) is 6.00. The Labute approximate surface area is 138 Å². The number of hydrogen-bond donors (Lipinski definition) is 1. The standard InChI is InChI=1S/C16H20BrN3O2/c1-12(16(21)18-9-8-17)11-22-15-10-14(19-20(15)2)13-6-4-3-5-7-13/h3-7,10,12H,8-9,11H2,1-2H3,(H,18,21). The van der Waals surface area contributed by atoms with Gasteiger partial charge < -0.3 is 10.1 Å². The average molecular weight is 366 g/mol. The van der Waals surface area contributed by atoms with Crippen LogP contribution in [0.4, 0.5) is 0 Å². The van der Waals surface area contributed by atoms with Gasteiger partial charge in [0.05, 0.1) is 11.6 Å². The molecule has 0 aliphatic rings. The van der Waals surface area contributed by atoms with E-state index in [1.54, 1.807) is 4.68 Å². The van der Waals surface area contributed by atoms with Crippen molar-refractivity contribution in [3.05, 3.63) is 36.4 Å². The van der Waals surface area contributed by atoms with Gasteiger partial charge in [-0.25, -0.2) is 4.68 Å². The molecule has 1 aromatic carbocycles. The number of nitrogens with one attached hydrogen (secondary N) is 1. The van der Waals surface area contributed by atoms with Crippen molar-refractivity contribution in [1.29, 1.82) is 0 Å². The first-order chi connectivity index (χ1) is 10.6. The molecule has 0 aliphatic heterocycles. The molecule has 0 bridgehead atoms. The lowest BCUT2D eigenvalue weighted by Gasteiger charge is -2.12. The van der Waals surface area contributed by atoms with Crippen molar-refractivity contribution in [2.24, 2.45) is 13.0 Å². The Morgan fingerprint density at radius 3 is 2.82 bits per heavy atom. The van der Waals surface area contributed by atoms with Crippen LogP contribution in [0.5, 0.6) is 5.88 Å². The van der Waals surface area contributed by atoms with Gasteiger partial charge in [0.2, 0.25) is 11.8 Å². The minimum Gasteiger partial charge on any atom is -0.477 e. The van der Waals surface area contributed by atoms with Gasteiger partial charge in [-0.3, -0.25) is 4.79 Å². The van der Waals surface area contributed by atoms with E-state index >= 15 is 0 Å². The van der Waals surface area contributed by atoms with Crippen molar-refractivity contribution in [2.75, 3.05) is 18.5 Å². The first kappa shape index (κ1) is 16.5. The van der Waals surface area contributed by atoms with Crippen molar-refractivity contribution >= 4 is 21.8 Å². The molecule has 0 radical (unpaired) electrons. The molecule has 0 saturated heterocycles. The predicted octanol–water partition coefficient (Wildman–Crippen LogP) is 2.61. The van der Waals surface area contributed by atoms with Gasteiger partial charge >= 0.3 is 0 Å². The highest BCUT2D eigenvalue weighted by Gasteiger charge is 2.15. The lowest BCUT2D eigenvalue weighted by atomic mass is 10.1. The average Bonchev–Trinajstić information content (AvgIpc) is 2.92. The van der Waals surface area contributed by atoms with Crippen LogP contribution in [-0.4, -0.2) is 34.2 Å². The van der Waals surface area contributed by atoms with Crippen molar-refractivity contribution < 1.29 is 9.53 Å². The van der Waals surface area contributed by atoms with Crippen LogP contribution in [0.1, 0.15) is 6.92 Å². The smallest absolute Gasteiger partial charge is 0.226 e. The third-order valence-corrected chi connectivity index (χ3v) is 3.63. The molecule has 0 spiro atoms. The number of aromatic nitrogens is 2. The second-order valence-electron chi connectivity index (χ2n) is 5.05. The molecular formula is C16H20BrN3O2. The SMILES string of the molecule is CC(COc1cc(-c2ccccc2)nn1C)C(=O)NCCBr. The van der Waals surface area contributed by atoms with Crippen LogP contribution < -0.4 is 10.1 Å². The van der Waals surface area contributed by atoms with Gasteiger partial charge in [-0.05, 0) is 0 Å². The van der Waals surface area contributed by atoms with E-state index in [4.69, 9.17) is 4.74 Å². The normalized spacial score (nSPS) is 12.0. The van der Waals surface area contributed by atoms with Gasteiger partial charge in [-0.2, -0.15) is 5.10 Å². The van der Waals surface area contributed by atoms with E-state index in [9.17, 15) is 4.79 Å². The number of ether oxygens (including phenoxy) is 1. The van der Waals surface area contributed by atoms with Crippen LogP contribution in [0.2, 0.25) is 0 Å². The van der Waals surface area contributed by atoms with E-state index in [2.05, 4.69) is 26.3 Å². The summed E-state index contributed by atoms with van der Waals surface area (Å²) in [5.74, 6) is 0.429. The highest BCUT2D eigenvalue weighted by atomic mass is 79.9. The lowest BCUT2D eigenvalue weighted by Crippen LogP contribution is -2.33. The molecule has 1 N–H and O–H groups in total. The van der Waals surface area contributed by atoms with Gasteiger partial charge in [-0.1, -0.05) is 53.2 Å². The van der Waals surface area contributed by atoms with E-state index in [1.807, 2.05) is 50.4 Å². The summed E-state index contributed by atoms with van der Waals surface area (Å²) in [5.41, 5.74) is 1.89. The first-order valence-electron chi connectivity index (χ1n) is 7.17. The lowest BCUT2D eigenvalue weighted by molar-refractivity contribution is -0.125. The minimum absolute atomic E-state index is 0.00935. The van der Waals surface area contributed by atoms with Crippen LogP contribution in [0, 0.1) is 5.92 Å². The maximum absolute atomic E-state index is 11.8. The van der Waals surface area contributed by atoms with E-state index in [-0.39, 0.29) is 11.8 Å². The van der Waals surface area contributed by atoms with Crippen LogP contribution >= 0.6 is 15.9 Å². The molecule has 22 heavy (non-hydrogen) atoms. The molecule has 2 rings (SSSR count). The molecule has 0 aliphatic carbocycles. The van der Waals surface area contributed by atoms with Crippen molar-refractivity contribution in [2.45, 2.75) is 6.92 Å². The van der Waals surface area contributed by atoms with E-state index < -0.39 is 0 Å². The summed E-state index contributed by atoms with van der Waals surface area (Å²) in [6, 6.07) is 11.8. The summed E-state index contributed by atoms with van der Waals surface area (Å²) in [6.07, 6.45) is 0. The summed E-state index contributed by atoms with van der Waals surface area (Å²) in [5, 5.41) is 8.01. The number of nitrogens with zero attached hydrogens (tertiary/aromatic N) is 2. The summed E-state index contributed by atoms with van der Waals surface area (Å²) >= 11 is 3.28. The van der Waals surface area contributed by atoms with Crippen LogP contribution in [0.3, 0.4) is 0 Å². The monoisotopic (exact) mass is 365 g/mol. The number of alkyl halides is 1. The van der Waals surface area contributed by atoms with Crippen molar-refractivity contribution in [1.82, 2.24) is 15.1 Å². The number of halogens is 1. The van der Waals surface area contributed by atoms with Crippen LogP contribution in [-0.2, 0) is 11.8 Å². The molecule has 1 amide bonds. The van der Waals surface area contributed by atoms with Gasteiger partial charge in [0.1, 0.15) is 6.61 Å². The fourth-order valence-electron chi connectivity index (χ4n) is 1.97. The van der Waals surface area contributed by atoms with Crippen LogP contribution in [0.25, 0.3) is 11.3 Å². The number of amides is 1. The molecular weight excluding hydrogens is 346 g/mol. The zero-order valence-corrected chi connectivity index (χ0v) is 14.3. The van der Waals surface area contributed by atoms with Gasteiger partial charge in [0, 0.05) is 30.6 Å². The van der Waals surface area contributed by atoms with Crippen molar-refractivity contribution in [3.63, 3.8) is 0 Å².